The van der Waals surface area contributed by atoms with Crippen LogP contribution in [0.25, 0.3) is 22.3 Å². The average molecular weight is 554 g/mol. The van der Waals surface area contributed by atoms with Gasteiger partial charge in [0, 0.05) is 54.7 Å². The number of carbonyl (C=O) groups is 1. The van der Waals surface area contributed by atoms with Crippen LogP contribution in [0.5, 0.6) is 0 Å². The molecule has 0 unspecified atom stereocenters. The van der Waals surface area contributed by atoms with E-state index in [4.69, 9.17) is 9.15 Å². The molecular formula is C23H25BrFN3O5S. The number of nitrogens with one attached hydrogen (secondary N) is 1. The van der Waals surface area contributed by atoms with E-state index in [1.165, 1.54) is 35.6 Å². The number of carbonyl (C=O) groups excluding carboxylic acids is 1. The van der Waals surface area contributed by atoms with Crippen molar-refractivity contribution < 1.29 is 26.8 Å². The summed E-state index contributed by atoms with van der Waals surface area (Å²) in [7, 11) is -2.10. The van der Waals surface area contributed by atoms with Crippen molar-refractivity contribution in [2.24, 2.45) is 0 Å². The highest BCUT2D eigenvalue weighted by Gasteiger charge is 2.26. The topological polar surface area (TPSA) is 92.1 Å². The summed E-state index contributed by atoms with van der Waals surface area (Å²) in [5, 5.41) is 3.12. The summed E-state index contributed by atoms with van der Waals surface area (Å²) in [6.07, 6.45) is 1.16. The molecule has 0 bridgehead atoms. The van der Waals surface area contributed by atoms with Crippen molar-refractivity contribution in [1.29, 1.82) is 0 Å². The minimum Gasteiger partial charge on any atom is -0.455 e. The van der Waals surface area contributed by atoms with Crippen molar-refractivity contribution in [3.05, 3.63) is 52.3 Å². The second kappa shape index (κ2) is 10.0. The zero-order valence-electron chi connectivity index (χ0n) is 18.8. The fraction of sp³-hybridized carbons (Fsp3) is 0.348. The maximum absolute atomic E-state index is 13.5. The quantitative estimate of drug-likeness (QED) is 0.481. The van der Waals surface area contributed by atoms with Gasteiger partial charge in [0.05, 0.1) is 30.7 Å². The van der Waals surface area contributed by atoms with Crippen LogP contribution in [-0.4, -0.2) is 71.9 Å². The van der Waals surface area contributed by atoms with E-state index in [2.05, 4.69) is 26.1 Å². The second-order valence-corrected chi connectivity index (χ2v) is 10.7. The molecule has 1 N–H and O–H groups in total. The van der Waals surface area contributed by atoms with Crippen molar-refractivity contribution in [1.82, 2.24) is 10.2 Å². The number of sulfonamides is 1. The fourth-order valence-corrected chi connectivity index (χ4v) is 5.57. The van der Waals surface area contributed by atoms with Crippen LogP contribution in [0.3, 0.4) is 0 Å². The first-order chi connectivity index (χ1) is 16.2. The van der Waals surface area contributed by atoms with Crippen LogP contribution < -0.4 is 9.62 Å². The Morgan fingerprint density at radius 2 is 1.88 bits per heavy atom. The number of ether oxygens (including phenoxy) is 1. The molecule has 0 atom stereocenters. The van der Waals surface area contributed by atoms with Gasteiger partial charge in [-0.15, -0.1) is 0 Å². The van der Waals surface area contributed by atoms with Crippen LogP contribution in [0.4, 0.5) is 10.1 Å². The summed E-state index contributed by atoms with van der Waals surface area (Å²) in [6.45, 7) is 3.52. The molecule has 8 nitrogen and oxygen atoms in total. The third-order valence-electron chi connectivity index (χ3n) is 5.71. The van der Waals surface area contributed by atoms with Crippen molar-refractivity contribution in [3.8, 4) is 11.3 Å². The number of fused-ring (bicyclic) bond motifs is 1. The lowest BCUT2D eigenvalue weighted by Gasteiger charge is -2.30. The van der Waals surface area contributed by atoms with Gasteiger partial charge in [-0.1, -0.05) is 0 Å². The Hall–Kier alpha value is -2.47. The van der Waals surface area contributed by atoms with Crippen LogP contribution in [0, 0.1) is 5.82 Å². The first kappa shape index (κ1) is 24.6. The minimum atomic E-state index is -3.61. The molecular weight excluding hydrogens is 529 g/mol. The summed E-state index contributed by atoms with van der Waals surface area (Å²) >= 11 is 3.49. The van der Waals surface area contributed by atoms with E-state index in [0.717, 1.165) is 19.3 Å². The minimum absolute atomic E-state index is 0.247. The van der Waals surface area contributed by atoms with Crippen molar-refractivity contribution in [2.45, 2.75) is 0 Å². The van der Waals surface area contributed by atoms with Crippen LogP contribution in [0.2, 0.25) is 0 Å². The Morgan fingerprint density at radius 1 is 1.21 bits per heavy atom. The zero-order valence-corrected chi connectivity index (χ0v) is 21.2. The Balaban J connectivity index is 1.79. The molecule has 4 rings (SSSR count). The Kier molecular flexibility index (Phi) is 7.27. The number of benzene rings is 2. The van der Waals surface area contributed by atoms with E-state index in [9.17, 15) is 17.6 Å². The Morgan fingerprint density at radius 3 is 2.50 bits per heavy atom. The number of hydrogen-bond donors (Lipinski definition) is 1. The van der Waals surface area contributed by atoms with Gasteiger partial charge in [0.1, 0.15) is 17.2 Å². The smallest absolute Gasteiger partial charge is 0.255 e. The summed E-state index contributed by atoms with van der Waals surface area (Å²) < 4.78 is 52.1. The lowest BCUT2D eigenvalue weighted by atomic mass is 10.0. The summed E-state index contributed by atoms with van der Waals surface area (Å²) in [5.41, 5.74) is 1.57. The van der Waals surface area contributed by atoms with Crippen molar-refractivity contribution in [3.63, 3.8) is 0 Å². The SMILES string of the molecule is CNC(=O)c1c(-c2ccc(F)cc2)oc2cc(N(CCN3CCOCC3)S(C)(=O)=O)c(Br)cc12. The van der Waals surface area contributed by atoms with Crippen LogP contribution >= 0.6 is 15.9 Å². The molecule has 2 aromatic carbocycles. The number of halogens is 2. The monoisotopic (exact) mass is 553 g/mol. The van der Waals surface area contributed by atoms with Crippen molar-refractivity contribution in [2.75, 3.05) is 57.0 Å². The highest BCUT2D eigenvalue weighted by atomic mass is 79.9. The summed E-state index contributed by atoms with van der Waals surface area (Å²) in [4.78, 5) is 14.9. The van der Waals surface area contributed by atoms with Gasteiger partial charge in [-0.25, -0.2) is 12.8 Å². The summed E-state index contributed by atoms with van der Waals surface area (Å²) in [5.74, 6) is -0.502. The molecule has 34 heavy (non-hydrogen) atoms. The van der Waals surface area contributed by atoms with Crippen LogP contribution in [-0.2, 0) is 14.8 Å². The molecule has 3 aromatic rings. The lowest BCUT2D eigenvalue weighted by molar-refractivity contribution is 0.0395. The number of anilines is 1. The molecule has 182 valence electrons. The predicted octanol–water partition coefficient (Wildman–Crippen LogP) is 3.46. The normalized spacial score (nSPS) is 14.9. The molecule has 0 aliphatic carbocycles. The van der Waals surface area contributed by atoms with Gasteiger partial charge >= 0.3 is 0 Å². The molecule has 1 fully saturated rings. The molecule has 1 aliphatic rings. The molecule has 0 spiro atoms. The first-order valence-corrected chi connectivity index (χ1v) is 13.3. The molecule has 1 aromatic heterocycles. The molecule has 1 saturated heterocycles. The van der Waals surface area contributed by atoms with E-state index in [0.29, 0.717) is 46.5 Å². The summed E-state index contributed by atoms with van der Waals surface area (Å²) in [6, 6.07) is 8.92. The van der Waals surface area contributed by atoms with Gasteiger partial charge in [-0.2, -0.15) is 0 Å². The average Bonchev–Trinajstić information content (AvgIpc) is 3.17. The highest BCUT2D eigenvalue weighted by Crippen LogP contribution is 2.39. The number of morpholine rings is 1. The van der Waals surface area contributed by atoms with E-state index in [1.807, 2.05) is 0 Å². The van der Waals surface area contributed by atoms with Crippen molar-refractivity contribution >= 4 is 48.5 Å². The zero-order chi connectivity index (χ0) is 24.5. The molecule has 0 radical (unpaired) electrons. The second-order valence-electron chi connectivity index (χ2n) is 7.98. The third-order valence-corrected chi connectivity index (χ3v) is 7.53. The maximum atomic E-state index is 13.5. The lowest BCUT2D eigenvalue weighted by Crippen LogP contribution is -2.43. The number of furan rings is 1. The standard InChI is InChI=1S/C23H25BrFN3O5S/c1-26-23(29)21-17-13-18(24)19(14-20(17)33-22(21)15-3-5-16(25)6-4-15)28(34(2,30)31)8-7-27-9-11-32-12-10-27/h3-6,13-14H,7-12H2,1-2H3,(H,26,29). The van der Waals surface area contributed by atoms with E-state index in [1.54, 1.807) is 12.1 Å². The highest BCUT2D eigenvalue weighted by molar-refractivity contribution is 9.10. The molecule has 1 amide bonds. The van der Waals surface area contributed by atoms with Gasteiger partial charge < -0.3 is 14.5 Å². The predicted molar refractivity (Wildman–Crippen MR) is 132 cm³/mol. The van der Waals surface area contributed by atoms with Gasteiger partial charge in [0.25, 0.3) is 5.91 Å². The first-order valence-electron chi connectivity index (χ1n) is 10.7. The third kappa shape index (κ3) is 5.12. The Labute approximate surface area is 205 Å². The molecule has 1 aliphatic heterocycles. The van der Waals surface area contributed by atoms with E-state index in [-0.39, 0.29) is 23.8 Å². The molecule has 2 heterocycles. The number of nitrogens with zero attached hydrogens (tertiary/aromatic N) is 2. The fourth-order valence-electron chi connectivity index (χ4n) is 3.97. The van der Waals surface area contributed by atoms with Crippen LogP contribution in [0.15, 0.2) is 45.3 Å². The molecule has 11 heteroatoms. The number of rotatable bonds is 7. The largest absolute Gasteiger partial charge is 0.455 e. The Bertz CT molecular complexity index is 1300. The van der Waals surface area contributed by atoms with Gasteiger partial charge in [-0.3, -0.25) is 14.0 Å². The number of amides is 1. The maximum Gasteiger partial charge on any atom is 0.255 e. The number of hydrogen-bond acceptors (Lipinski definition) is 6. The van der Waals surface area contributed by atoms with Gasteiger partial charge in [0.2, 0.25) is 10.0 Å². The van der Waals surface area contributed by atoms with Gasteiger partial charge in [0.15, 0.2) is 0 Å². The van der Waals surface area contributed by atoms with Gasteiger partial charge in [-0.05, 0) is 46.3 Å². The van der Waals surface area contributed by atoms with Crippen LogP contribution in [0.1, 0.15) is 10.4 Å². The van der Waals surface area contributed by atoms with E-state index >= 15 is 0 Å². The van der Waals surface area contributed by atoms with E-state index < -0.39 is 15.8 Å². The molecule has 0 saturated carbocycles.